The molecule has 3 rings (SSSR count). The molecule has 3 aliphatic heterocycles. The SMILES string of the molecule is CC(C)(C)[P+](N)(C(C)(C)C)C(C)(C)C.CC1(C)OB(O[B-]2(OB3OC(C)(C)C(C)(C)O3)OC(C)(C)C(C)(C)O2)OC1(C)C. The van der Waals surface area contributed by atoms with Crippen LogP contribution in [0, 0.1) is 0 Å². The fourth-order valence-electron chi connectivity index (χ4n) is 6.15. The molecule has 0 aromatic rings. The molecule has 0 aromatic carbocycles. The van der Waals surface area contributed by atoms with Gasteiger partial charge < -0.3 is 37.1 Å². The Kier molecular flexibility index (Phi) is 10.2. The van der Waals surface area contributed by atoms with Crippen LogP contribution in [-0.2, 0) is 37.1 Å². The van der Waals surface area contributed by atoms with Crippen molar-refractivity contribution in [3.05, 3.63) is 0 Å². The molecule has 0 radical (unpaired) electrons. The van der Waals surface area contributed by atoms with Gasteiger partial charge >= 0.3 is 21.6 Å². The summed E-state index contributed by atoms with van der Waals surface area (Å²) in [6.07, 6.45) is 0. The lowest BCUT2D eigenvalue weighted by atomic mass is 9.90. The van der Waals surface area contributed by atoms with Crippen LogP contribution in [0.3, 0.4) is 0 Å². The Morgan fingerprint density at radius 1 is 0.465 bits per heavy atom. The number of nitrogens with two attached hydrogens (primary N) is 1. The van der Waals surface area contributed by atoms with Gasteiger partial charge in [-0.15, -0.1) is 0 Å². The topological polar surface area (TPSA) is 99.9 Å². The van der Waals surface area contributed by atoms with Crippen molar-refractivity contribution in [2.75, 3.05) is 0 Å². The van der Waals surface area contributed by atoms with Gasteiger partial charge in [0, 0.05) is 11.2 Å². The molecule has 0 spiro atoms. The summed E-state index contributed by atoms with van der Waals surface area (Å²) < 4.78 is 48.6. The van der Waals surface area contributed by atoms with Crippen molar-refractivity contribution in [1.29, 1.82) is 0 Å². The van der Waals surface area contributed by atoms with Gasteiger partial charge in [0.25, 0.3) is 0 Å². The van der Waals surface area contributed by atoms with Crippen LogP contribution >= 0.6 is 7.41 Å². The van der Waals surface area contributed by atoms with Gasteiger partial charge in [-0.25, -0.2) is 5.50 Å². The van der Waals surface area contributed by atoms with E-state index >= 15 is 0 Å². The van der Waals surface area contributed by atoms with Gasteiger partial charge in [-0.3, -0.25) is 0 Å². The van der Waals surface area contributed by atoms with Gasteiger partial charge in [-0.2, -0.15) is 0 Å². The van der Waals surface area contributed by atoms with Gasteiger partial charge in [0.2, 0.25) is 0 Å². The van der Waals surface area contributed by atoms with E-state index < -0.39 is 62.6 Å². The second kappa shape index (κ2) is 11.2. The second-order valence-corrected chi connectivity index (χ2v) is 23.9. The van der Waals surface area contributed by atoms with Crippen LogP contribution in [0.25, 0.3) is 0 Å². The molecule has 0 bridgehead atoms. The molecule has 3 aliphatic rings. The molecule has 0 aliphatic carbocycles. The molecule has 252 valence electrons. The van der Waals surface area contributed by atoms with Gasteiger partial charge in [0.15, 0.2) is 0 Å². The summed E-state index contributed by atoms with van der Waals surface area (Å²) in [5, 5.41) is 0.635. The standard InChI is InChI=1S/C18H36B3O8.C12H29NP/c1-13(2)14(3,4)23-19(22-13)28-21(26-17(9,10)18(11,12)27-21)29-20-24-15(5,6)16(7,8)25-20;1-10(2,3)14(13,11(4,5)6)12(7,8)9/h1-12H3;13H2,1-9H3/q-1;+1. The number of rotatable bonds is 4. The van der Waals surface area contributed by atoms with E-state index in [2.05, 4.69) is 62.3 Å². The molecule has 3 fully saturated rings. The Labute approximate surface area is 265 Å². The Morgan fingerprint density at radius 2 is 0.674 bits per heavy atom. The molecule has 0 amide bonds. The quantitative estimate of drug-likeness (QED) is 0.250. The van der Waals surface area contributed by atoms with E-state index in [1.54, 1.807) is 0 Å². The fraction of sp³-hybridized carbons (Fsp3) is 1.00. The molecule has 13 heteroatoms. The van der Waals surface area contributed by atoms with Crippen molar-refractivity contribution in [2.24, 2.45) is 5.50 Å². The minimum Gasteiger partial charge on any atom is -0.537 e. The van der Waals surface area contributed by atoms with Crippen LogP contribution in [0.2, 0.25) is 0 Å². The Morgan fingerprint density at radius 3 is 0.837 bits per heavy atom. The van der Waals surface area contributed by atoms with Gasteiger partial charge in [0.1, 0.15) is 0 Å². The van der Waals surface area contributed by atoms with E-state index in [9.17, 15) is 0 Å². The van der Waals surface area contributed by atoms with Crippen molar-refractivity contribution >= 4 is 29.0 Å². The Balaban J connectivity index is 0.000000391. The molecule has 0 aromatic heterocycles. The monoisotopic (exact) mass is 631 g/mol. The lowest BCUT2D eigenvalue weighted by Gasteiger charge is -2.50. The molecule has 0 saturated carbocycles. The minimum absolute atomic E-state index is 0.212. The Hall–Kier alpha value is 0.265. The van der Waals surface area contributed by atoms with Crippen molar-refractivity contribution in [2.45, 2.75) is 194 Å². The third kappa shape index (κ3) is 7.39. The smallest absolute Gasteiger partial charge is 0.537 e. The van der Waals surface area contributed by atoms with Crippen LogP contribution in [-0.4, -0.2) is 70.7 Å². The van der Waals surface area contributed by atoms with Gasteiger partial charge in [-0.05, 0) is 145 Å². The lowest BCUT2D eigenvalue weighted by Crippen LogP contribution is -2.55. The van der Waals surface area contributed by atoms with E-state index in [4.69, 9.17) is 42.6 Å². The summed E-state index contributed by atoms with van der Waals surface area (Å²) in [5.41, 5.74) is 3.10. The zero-order valence-electron chi connectivity index (χ0n) is 31.5. The normalized spacial score (nSPS) is 27.2. The van der Waals surface area contributed by atoms with E-state index in [0.717, 1.165) is 0 Å². The third-order valence-corrected chi connectivity index (χ3v) is 16.9. The van der Waals surface area contributed by atoms with E-state index in [-0.39, 0.29) is 15.5 Å². The highest BCUT2D eigenvalue weighted by atomic mass is 31.2. The van der Waals surface area contributed by atoms with Crippen LogP contribution in [0.4, 0.5) is 0 Å². The highest BCUT2D eigenvalue weighted by Gasteiger charge is 2.64. The van der Waals surface area contributed by atoms with Gasteiger partial charge in [-0.1, -0.05) is 0 Å². The molecule has 9 nitrogen and oxygen atoms in total. The van der Waals surface area contributed by atoms with Crippen LogP contribution < -0.4 is 5.50 Å². The molecule has 3 heterocycles. The molecule has 43 heavy (non-hydrogen) atoms. The van der Waals surface area contributed by atoms with E-state index in [0.29, 0.717) is 0 Å². The number of hydrogen-bond acceptors (Lipinski definition) is 9. The molecule has 0 unspecified atom stereocenters. The summed E-state index contributed by atoms with van der Waals surface area (Å²) in [6, 6.07) is 0. The molecule has 0 atom stereocenters. The summed E-state index contributed by atoms with van der Waals surface area (Å²) >= 11 is 0. The van der Waals surface area contributed by atoms with Crippen LogP contribution in [0.5, 0.6) is 0 Å². The zero-order valence-corrected chi connectivity index (χ0v) is 32.4. The molecule has 2 N–H and O–H groups in total. The number of hydrogen-bond donors (Lipinski definition) is 1. The maximum absolute atomic E-state index is 6.84. The summed E-state index contributed by atoms with van der Waals surface area (Å²) in [6.45, 7) is 41.0. The van der Waals surface area contributed by atoms with Crippen LogP contribution in [0.15, 0.2) is 0 Å². The second-order valence-electron chi connectivity index (χ2n) is 18.4. The minimum atomic E-state index is -2.77. The summed E-state index contributed by atoms with van der Waals surface area (Å²) in [4.78, 5) is 0. The van der Waals surface area contributed by atoms with Crippen LogP contribution in [0.1, 0.15) is 145 Å². The first-order chi connectivity index (χ1) is 18.5. The summed E-state index contributed by atoms with van der Waals surface area (Å²) in [7, 11) is -3.59. The largest absolute Gasteiger partial charge is 0.598 e. The highest BCUT2D eigenvalue weighted by Crippen LogP contribution is 2.77. The van der Waals surface area contributed by atoms with E-state index in [1.807, 2.05) is 83.1 Å². The first-order valence-electron chi connectivity index (χ1n) is 15.8. The third-order valence-electron chi connectivity index (χ3n) is 10.5. The predicted octanol–water partition coefficient (Wildman–Crippen LogP) is 7.51. The van der Waals surface area contributed by atoms with E-state index in [1.165, 1.54) is 0 Å². The maximum Gasteiger partial charge on any atom is 0.598 e. The average Bonchev–Trinajstić information content (AvgIpc) is 3.09. The predicted molar refractivity (Wildman–Crippen MR) is 181 cm³/mol. The Bertz CT molecular complexity index is 888. The lowest BCUT2D eigenvalue weighted by molar-refractivity contribution is 0.00578. The molecule has 3 saturated heterocycles. The first-order valence-corrected chi connectivity index (χ1v) is 17.6. The maximum atomic E-state index is 6.84. The fourth-order valence-corrected chi connectivity index (χ4v) is 12.2. The summed E-state index contributed by atoms with van der Waals surface area (Å²) in [5.74, 6) is 0. The highest BCUT2D eigenvalue weighted by molar-refractivity contribution is 7.77. The van der Waals surface area contributed by atoms with Crippen molar-refractivity contribution in [1.82, 2.24) is 0 Å². The van der Waals surface area contributed by atoms with Crippen molar-refractivity contribution in [3.8, 4) is 0 Å². The molecular weight excluding hydrogens is 566 g/mol. The average molecular weight is 631 g/mol. The van der Waals surface area contributed by atoms with Crippen molar-refractivity contribution < 1.29 is 37.1 Å². The molecular formula is C30H65B3NO8P. The van der Waals surface area contributed by atoms with Gasteiger partial charge in [0.05, 0.1) is 45.3 Å². The zero-order chi connectivity index (χ0) is 34.3. The first kappa shape index (κ1) is 39.4. The van der Waals surface area contributed by atoms with Crippen molar-refractivity contribution in [3.63, 3.8) is 0 Å².